The molecule has 29 heavy (non-hydrogen) atoms. The van der Waals surface area contributed by atoms with E-state index >= 15 is 0 Å². The highest BCUT2D eigenvalue weighted by molar-refractivity contribution is 5.81. The molecule has 0 fully saturated rings. The number of fused-ring (bicyclic) bond motifs is 1. The minimum atomic E-state index is -0.933. The molecular formula is C27H36O2. The predicted octanol–water partition coefficient (Wildman–Crippen LogP) is 6.71. The Morgan fingerprint density at radius 2 is 1.72 bits per heavy atom. The van der Waals surface area contributed by atoms with E-state index in [0.717, 1.165) is 12.0 Å². The van der Waals surface area contributed by atoms with E-state index in [0.29, 0.717) is 5.57 Å². The fourth-order valence-electron chi connectivity index (χ4n) is 4.08. The quantitative estimate of drug-likeness (QED) is 0.253. The number of aryl methyl sites for hydroxylation is 1. The van der Waals surface area contributed by atoms with Crippen LogP contribution in [-0.2, 0) is 22.0 Å². The highest BCUT2D eigenvalue weighted by Crippen LogP contribution is 2.46. The molecule has 0 radical (unpaired) electrons. The van der Waals surface area contributed by atoms with Crippen molar-refractivity contribution in [1.29, 1.82) is 0 Å². The van der Waals surface area contributed by atoms with E-state index in [1.54, 1.807) is 19.1 Å². The molecule has 0 aromatic heterocycles. The molecule has 0 unspecified atom stereocenters. The molecule has 0 saturated heterocycles. The van der Waals surface area contributed by atoms with E-state index in [1.165, 1.54) is 54.9 Å². The van der Waals surface area contributed by atoms with E-state index in [4.69, 9.17) is 5.11 Å². The van der Waals surface area contributed by atoms with Gasteiger partial charge in [0.2, 0.25) is 0 Å². The zero-order valence-corrected chi connectivity index (χ0v) is 19.0. The van der Waals surface area contributed by atoms with Gasteiger partial charge in [-0.1, -0.05) is 71.4 Å². The maximum atomic E-state index is 10.7. The Hall–Kier alpha value is -2.27. The summed E-state index contributed by atoms with van der Waals surface area (Å²) in [6, 6.07) is 4.76. The molecule has 0 heterocycles. The zero-order valence-electron chi connectivity index (χ0n) is 19.0. The van der Waals surface area contributed by atoms with Gasteiger partial charge in [-0.25, -0.2) is 4.79 Å². The highest BCUT2D eigenvalue weighted by Gasteiger charge is 2.37. The van der Waals surface area contributed by atoms with Gasteiger partial charge >= 0.3 is 5.97 Å². The summed E-state index contributed by atoms with van der Waals surface area (Å²) in [5.74, 6) is 5.55. The van der Waals surface area contributed by atoms with Gasteiger partial charge in [0.1, 0.15) is 0 Å². The average molecular weight is 393 g/mol. The van der Waals surface area contributed by atoms with E-state index < -0.39 is 5.97 Å². The minimum absolute atomic E-state index is 0.167. The molecule has 1 aliphatic carbocycles. The summed E-state index contributed by atoms with van der Waals surface area (Å²) < 4.78 is 0. The van der Waals surface area contributed by atoms with E-state index in [2.05, 4.69) is 58.6 Å². The van der Waals surface area contributed by atoms with Crippen LogP contribution in [0.15, 0.2) is 35.9 Å². The number of carboxylic acids is 1. The van der Waals surface area contributed by atoms with Crippen LogP contribution < -0.4 is 0 Å². The lowest BCUT2D eigenvalue weighted by atomic mass is 9.62. The van der Waals surface area contributed by atoms with Crippen molar-refractivity contribution >= 4 is 5.97 Å². The van der Waals surface area contributed by atoms with Crippen LogP contribution in [0, 0.1) is 11.8 Å². The highest BCUT2D eigenvalue weighted by atomic mass is 16.4. The molecular weight excluding hydrogens is 356 g/mol. The standard InChI is InChI=1S/C27H36O2/c1-7-8-9-13-21-18-23-24(27(5,6)16-15-26(23,3)4)19-22(21)14-11-10-12-20(2)17-25(28)29/h10,12,17-19H,7-9,13,15-16H2,1-6H3,(H,28,29)/b12-10+,20-17-. The molecule has 0 saturated carbocycles. The van der Waals surface area contributed by atoms with Crippen LogP contribution in [0.4, 0.5) is 0 Å². The summed E-state index contributed by atoms with van der Waals surface area (Å²) in [5, 5.41) is 8.82. The van der Waals surface area contributed by atoms with Gasteiger partial charge in [-0.15, -0.1) is 0 Å². The lowest BCUT2D eigenvalue weighted by Gasteiger charge is -2.42. The van der Waals surface area contributed by atoms with Crippen molar-refractivity contribution in [3.63, 3.8) is 0 Å². The van der Waals surface area contributed by atoms with Crippen molar-refractivity contribution in [2.75, 3.05) is 0 Å². The monoisotopic (exact) mass is 392 g/mol. The maximum absolute atomic E-state index is 10.7. The number of hydrogen-bond donors (Lipinski definition) is 1. The largest absolute Gasteiger partial charge is 0.478 e. The molecule has 2 nitrogen and oxygen atoms in total. The molecule has 0 aliphatic heterocycles. The number of carboxylic acid groups (broad SMARTS) is 1. The third kappa shape index (κ3) is 6.10. The smallest absolute Gasteiger partial charge is 0.328 e. The normalized spacial score (nSPS) is 17.5. The third-order valence-corrected chi connectivity index (χ3v) is 6.11. The van der Waals surface area contributed by atoms with Crippen LogP contribution in [0.1, 0.15) is 95.9 Å². The molecule has 2 rings (SSSR count). The third-order valence-electron chi connectivity index (χ3n) is 6.11. The maximum Gasteiger partial charge on any atom is 0.328 e. The van der Waals surface area contributed by atoms with Crippen molar-refractivity contribution in [2.45, 2.75) is 90.9 Å². The Morgan fingerprint density at radius 3 is 2.31 bits per heavy atom. The first-order valence-corrected chi connectivity index (χ1v) is 10.8. The molecule has 2 heteroatoms. The topological polar surface area (TPSA) is 37.3 Å². The van der Waals surface area contributed by atoms with Crippen LogP contribution in [0.3, 0.4) is 0 Å². The van der Waals surface area contributed by atoms with Gasteiger partial charge in [0, 0.05) is 11.6 Å². The van der Waals surface area contributed by atoms with Crippen LogP contribution in [0.2, 0.25) is 0 Å². The zero-order chi connectivity index (χ0) is 21.7. The Morgan fingerprint density at radius 1 is 1.10 bits per heavy atom. The second-order valence-electron chi connectivity index (χ2n) is 9.61. The lowest BCUT2D eigenvalue weighted by Crippen LogP contribution is -2.34. The molecule has 1 aromatic carbocycles. The first-order chi connectivity index (χ1) is 13.6. The van der Waals surface area contributed by atoms with Crippen molar-refractivity contribution in [3.05, 3.63) is 58.2 Å². The predicted molar refractivity (Wildman–Crippen MR) is 122 cm³/mol. The SMILES string of the molecule is CCCCCc1cc2c(cc1C#C/C=C/C(C)=C\C(=O)O)C(C)(C)CCC2(C)C. The minimum Gasteiger partial charge on any atom is -0.478 e. The molecule has 0 spiro atoms. The van der Waals surface area contributed by atoms with E-state index in [9.17, 15) is 4.79 Å². The Kier molecular flexibility index (Phi) is 7.53. The van der Waals surface area contributed by atoms with Gasteiger partial charge in [-0.05, 0) is 77.8 Å². The van der Waals surface area contributed by atoms with Gasteiger partial charge in [0.05, 0.1) is 0 Å². The van der Waals surface area contributed by atoms with Crippen LogP contribution in [0.25, 0.3) is 0 Å². The average Bonchev–Trinajstić information content (AvgIpc) is 2.62. The van der Waals surface area contributed by atoms with Gasteiger partial charge in [-0.3, -0.25) is 0 Å². The molecule has 0 amide bonds. The molecule has 0 bridgehead atoms. The lowest BCUT2D eigenvalue weighted by molar-refractivity contribution is -0.131. The summed E-state index contributed by atoms with van der Waals surface area (Å²) in [7, 11) is 0. The van der Waals surface area contributed by atoms with Crippen molar-refractivity contribution in [2.24, 2.45) is 0 Å². The van der Waals surface area contributed by atoms with Crippen molar-refractivity contribution in [3.8, 4) is 11.8 Å². The molecule has 1 N–H and O–H groups in total. The number of hydrogen-bond acceptors (Lipinski definition) is 1. The first-order valence-electron chi connectivity index (χ1n) is 10.8. The summed E-state index contributed by atoms with van der Waals surface area (Å²) in [6.45, 7) is 13.4. The number of aliphatic carboxylic acids is 1. The Bertz CT molecular complexity index is 870. The fourth-order valence-corrected chi connectivity index (χ4v) is 4.08. The number of unbranched alkanes of at least 4 members (excludes halogenated alkanes) is 2. The van der Waals surface area contributed by atoms with Gasteiger partial charge < -0.3 is 5.11 Å². The van der Waals surface area contributed by atoms with Crippen LogP contribution in [-0.4, -0.2) is 11.1 Å². The second-order valence-corrected chi connectivity index (χ2v) is 9.61. The summed E-state index contributed by atoms with van der Waals surface area (Å²) in [5.41, 5.74) is 6.44. The van der Waals surface area contributed by atoms with Crippen molar-refractivity contribution < 1.29 is 9.90 Å². The number of rotatable bonds is 6. The van der Waals surface area contributed by atoms with E-state index in [1.807, 2.05) is 0 Å². The molecule has 1 aliphatic rings. The number of benzene rings is 1. The number of allylic oxidation sites excluding steroid dienone is 3. The second kappa shape index (κ2) is 9.49. The summed E-state index contributed by atoms with van der Waals surface area (Å²) >= 11 is 0. The van der Waals surface area contributed by atoms with Crippen LogP contribution in [0.5, 0.6) is 0 Å². The summed E-state index contributed by atoms with van der Waals surface area (Å²) in [6.07, 6.45) is 11.8. The Balaban J connectivity index is 2.46. The van der Waals surface area contributed by atoms with Gasteiger partial charge in [0.15, 0.2) is 0 Å². The van der Waals surface area contributed by atoms with Crippen molar-refractivity contribution in [1.82, 2.24) is 0 Å². The van der Waals surface area contributed by atoms with Gasteiger partial charge in [0.25, 0.3) is 0 Å². The van der Waals surface area contributed by atoms with Crippen LogP contribution >= 0.6 is 0 Å². The Labute approximate surface area is 177 Å². The fraction of sp³-hybridized carbons (Fsp3) is 0.519. The summed E-state index contributed by atoms with van der Waals surface area (Å²) in [4.78, 5) is 10.7. The first kappa shape index (κ1) is 23.0. The number of carbonyl (C=O) groups is 1. The molecule has 156 valence electrons. The molecule has 1 aromatic rings. The van der Waals surface area contributed by atoms with Gasteiger partial charge in [-0.2, -0.15) is 0 Å². The molecule has 0 atom stereocenters. The van der Waals surface area contributed by atoms with E-state index in [-0.39, 0.29) is 10.8 Å².